The summed E-state index contributed by atoms with van der Waals surface area (Å²) in [5, 5.41) is 6.74. The first-order valence-corrected chi connectivity index (χ1v) is 11.2. The molecule has 2 rings (SSSR count). The standard InChI is InChI=1S/C17H34N4O4S.HI/c1-4-18-16(19-14-17(24-3)8-12-25-13-9-17)20-15-6-10-21(11-7-15)26(22,23)5-2;/h15H,4-14H2,1-3H3,(H2,18,19,20);1H. The van der Waals surface area contributed by atoms with Gasteiger partial charge in [0.15, 0.2) is 5.96 Å². The molecule has 10 heteroatoms. The quantitative estimate of drug-likeness (QED) is 0.299. The molecule has 0 atom stereocenters. The number of halogens is 1. The molecule has 0 saturated carbocycles. The molecule has 0 aromatic heterocycles. The average Bonchev–Trinajstić information content (AvgIpc) is 2.67. The molecule has 0 bridgehead atoms. The van der Waals surface area contributed by atoms with Crippen LogP contribution in [0.4, 0.5) is 0 Å². The number of nitrogens with one attached hydrogen (secondary N) is 2. The molecule has 27 heavy (non-hydrogen) atoms. The third-order valence-electron chi connectivity index (χ3n) is 5.26. The number of rotatable bonds is 7. The highest BCUT2D eigenvalue weighted by Gasteiger charge is 2.32. The molecule has 0 aliphatic carbocycles. The first-order valence-electron chi connectivity index (χ1n) is 9.60. The minimum Gasteiger partial charge on any atom is -0.381 e. The van der Waals surface area contributed by atoms with Gasteiger partial charge in [0.25, 0.3) is 0 Å². The molecule has 0 spiro atoms. The van der Waals surface area contributed by atoms with Crippen molar-refractivity contribution in [3.8, 4) is 0 Å². The molecular weight excluding hydrogens is 483 g/mol. The molecule has 2 saturated heterocycles. The minimum atomic E-state index is -3.09. The van der Waals surface area contributed by atoms with Gasteiger partial charge in [0.05, 0.1) is 17.9 Å². The molecule has 0 radical (unpaired) electrons. The predicted molar refractivity (Wildman–Crippen MR) is 118 cm³/mol. The molecule has 0 unspecified atom stereocenters. The molecule has 160 valence electrons. The molecule has 2 aliphatic heterocycles. The Kier molecular flexibility index (Phi) is 10.8. The van der Waals surface area contributed by atoms with Crippen molar-refractivity contribution in [1.82, 2.24) is 14.9 Å². The van der Waals surface area contributed by atoms with Crippen LogP contribution >= 0.6 is 24.0 Å². The minimum absolute atomic E-state index is 0. The van der Waals surface area contributed by atoms with E-state index in [0.29, 0.717) is 32.8 Å². The van der Waals surface area contributed by atoms with Crippen LogP contribution in [0.15, 0.2) is 4.99 Å². The molecule has 2 aliphatic rings. The van der Waals surface area contributed by atoms with Crippen LogP contribution in [0, 0.1) is 0 Å². The molecule has 0 amide bonds. The van der Waals surface area contributed by atoms with Crippen molar-refractivity contribution in [2.45, 2.75) is 51.2 Å². The summed E-state index contributed by atoms with van der Waals surface area (Å²) in [7, 11) is -1.35. The number of hydrogen-bond acceptors (Lipinski definition) is 5. The van der Waals surface area contributed by atoms with E-state index < -0.39 is 10.0 Å². The van der Waals surface area contributed by atoms with Crippen molar-refractivity contribution < 1.29 is 17.9 Å². The van der Waals surface area contributed by atoms with Gasteiger partial charge in [-0.15, -0.1) is 24.0 Å². The van der Waals surface area contributed by atoms with Crippen LogP contribution in [0.2, 0.25) is 0 Å². The summed E-state index contributed by atoms with van der Waals surface area (Å²) >= 11 is 0. The topological polar surface area (TPSA) is 92.3 Å². The summed E-state index contributed by atoms with van der Waals surface area (Å²) in [6.07, 6.45) is 3.26. The number of sulfonamides is 1. The van der Waals surface area contributed by atoms with E-state index in [4.69, 9.17) is 14.5 Å². The zero-order valence-electron chi connectivity index (χ0n) is 16.7. The highest BCUT2D eigenvalue weighted by Crippen LogP contribution is 2.24. The Morgan fingerprint density at radius 2 is 1.89 bits per heavy atom. The van der Waals surface area contributed by atoms with Gasteiger partial charge in [-0.2, -0.15) is 0 Å². The Labute approximate surface area is 180 Å². The van der Waals surface area contributed by atoms with Gasteiger partial charge in [-0.3, -0.25) is 4.99 Å². The van der Waals surface area contributed by atoms with Gasteiger partial charge in [0.1, 0.15) is 0 Å². The SMILES string of the molecule is CCNC(=NCC1(OC)CCOCC1)NC1CCN(S(=O)(=O)CC)CC1.I. The maximum atomic E-state index is 12.0. The van der Waals surface area contributed by atoms with E-state index in [2.05, 4.69) is 10.6 Å². The van der Waals surface area contributed by atoms with Gasteiger partial charge < -0.3 is 20.1 Å². The molecular formula is C17H35IN4O4S. The lowest BCUT2D eigenvalue weighted by Gasteiger charge is -2.35. The molecule has 0 aromatic carbocycles. The Morgan fingerprint density at radius 1 is 1.26 bits per heavy atom. The first kappa shape index (κ1) is 24.9. The van der Waals surface area contributed by atoms with Crippen molar-refractivity contribution in [2.75, 3.05) is 52.3 Å². The van der Waals surface area contributed by atoms with Gasteiger partial charge in [-0.25, -0.2) is 12.7 Å². The predicted octanol–water partition coefficient (Wildman–Crippen LogP) is 1.17. The summed E-state index contributed by atoms with van der Waals surface area (Å²) < 4.78 is 36.7. The van der Waals surface area contributed by atoms with Crippen LogP contribution < -0.4 is 10.6 Å². The second-order valence-electron chi connectivity index (χ2n) is 6.91. The zero-order valence-corrected chi connectivity index (χ0v) is 19.8. The smallest absolute Gasteiger partial charge is 0.213 e. The lowest BCUT2D eigenvalue weighted by Crippen LogP contribution is -2.50. The fourth-order valence-corrected chi connectivity index (χ4v) is 4.50. The number of ether oxygens (including phenoxy) is 2. The maximum absolute atomic E-state index is 12.0. The molecule has 2 fully saturated rings. The third-order valence-corrected chi connectivity index (χ3v) is 7.14. The number of guanidine groups is 1. The van der Waals surface area contributed by atoms with Crippen LogP contribution in [0.1, 0.15) is 39.5 Å². The fourth-order valence-electron chi connectivity index (χ4n) is 3.37. The molecule has 2 heterocycles. The fraction of sp³-hybridized carbons (Fsp3) is 0.941. The molecule has 8 nitrogen and oxygen atoms in total. The van der Waals surface area contributed by atoms with E-state index in [0.717, 1.165) is 38.2 Å². The maximum Gasteiger partial charge on any atom is 0.213 e. The van der Waals surface area contributed by atoms with Crippen molar-refractivity contribution in [2.24, 2.45) is 4.99 Å². The second kappa shape index (κ2) is 11.7. The Bertz CT molecular complexity index is 559. The number of methoxy groups -OCH3 is 1. The lowest BCUT2D eigenvalue weighted by molar-refractivity contribution is -0.0828. The van der Waals surface area contributed by atoms with Gasteiger partial charge >= 0.3 is 0 Å². The van der Waals surface area contributed by atoms with Gasteiger partial charge in [-0.1, -0.05) is 0 Å². The van der Waals surface area contributed by atoms with Crippen LogP contribution in [-0.4, -0.2) is 82.6 Å². The highest BCUT2D eigenvalue weighted by molar-refractivity contribution is 14.0. The number of piperidine rings is 1. The number of aliphatic imine (C=N–C) groups is 1. The Hall–Kier alpha value is -0.170. The van der Waals surface area contributed by atoms with Crippen molar-refractivity contribution in [1.29, 1.82) is 0 Å². The number of hydrogen-bond donors (Lipinski definition) is 2. The summed E-state index contributed by atoms with van der Waals surface area (Å²) in [5.41, 5.74) is -0.251. The number of nitrogens with zero attached hydrogens (tertiary/aromatic N) is 2. The first-order chi connectivity index (χ1) is 12.4. The van der Waals surface area contributed by atoms with Gasteiger partial charge in [0, 0.05) is 58.8 Å². The van der Waals surface area contributed by atoms with Crippen LogP contribution in [-0.2, 0) is 19.5 Å². The summed E-state index contributed by atoms with van der Waals surface area (Å²) in [6, 6.07) is 0.226. The van der Waals surface area contributed by atoms with Gasteiger partial charge in [0.2, 0.25) is 10.0 Å². The van der Waals surface area contributed by atoms with Crippen molar-refractivity contribution in [3.05, 3.63) is 0 Å². The average molecular weight is 518 g/mol. The Balaban J connectivity index is 0.00000364. The lowest BCUT2D eigenvalue weighted by atomic mass is 9.94. The Morgan fingerprint density at radius 3 is 2.41 bits per heavy atom. The van der Waals surface area contributed by atoms with E-state index in [1.807, 2.05) is 6.92 Å². The van der Waals surface area contributed by atoms with Gasteiger partial charge in [-0.05, 0) is 26.7 Å². The van der Waals surface area contributed by atoms with Crippen LogP contribution in [0.3, 0.4) is 0 Å². The van der Waals surface area contributed by atoms with E-state index in [9.17, 15) is 8.42 Å². The van der Waals surface area contributed by atoms with Crippen molar-refractivity contribution in [3.63, 3.8) is 0 Å². The van der Waals surface area contributed by atoms with E-state index in [1.165, 1.54) is 0 Å². The molecule has 0 aromatic rings. The monoisotopic (exact) mass is 518 g/mol. The van der Waals surface area contributed by atoms with E-state index in [1.54, 1.807) is 18.3 Å². The summed E-state index contributed by atoms with van der Waals surface area (Å²) in [4.78, 5) is 4.74. The molecule has 2 N–H and O–H groups in total. The van der Waals surface area contributed by atoms with E-state index in [-0.39, 0.29) is 41.4 Å². The third kappa shape index (κ3) is 7.30. The summed E-state index contributed by atoms with van der Waals surface area (Å²) in [5.74, 6) is 0.935. The highest BCUT2D eigenvalue weighted by atomic mass is 127. The second-order valence-corrected chi connectivity index (χ2v) is 9.17. The van der Waals surface area contributed by atoms with Crippen molar-refractivity contribution >= 4 is 40.0 Å². The van der Waals surface area contributed by atoms with Crippen LogP contribution in [0.25, 0.3) is 0 Å². The van der Waals surface area contributed by atoms with Crippen LogP contribution in [0.5, 0.6) is 0 Å². The zero-order chi connectivity index (χ0) is 19.0. The largest absolute Gasteiger partial charge is 0.381 e. The normalized spacial score (nSPS) is 22.1. The van der Waals surface area contributed by atoms with E-state index >= 15 is 0 Å². The summed E-state index contributed by atoms with van der Waals surface area (Å²) in [6.45, 7) is 7.63.